The number of carbonyl (C=O) groups excluding carboxylic acids is 1. The van der Waals surface area contributed by atoms with Crippen molar-refractivity contribution in [1.29, 1.82) is 0 Å². The Morgan fingerprint density at radius 1 is 1.25 bits per heavy atom. The molecule has 0 aliphatic rings. The lowest BCUT2D eigenvalue weighted by Gasteiger charge is -2.10. The van der Waals surface area contributed by atoms with E-state index in [0.717, 1.165) is 18.7 Å². The van der Waals surface area contributed by atoms with Crippen LogP contribution in [0.3, 0.4) is 0 Å². The summed E-state index contributed by atoms with van der Waals surface area (Å²) >= 11 is 0. The van der Waals surface area contributed by atoms with Crippen LogP contribution in [-0.4, -0.2) is 31.4 Å². The SMILES string of the molecule is Cc1ccc(NCCCC(=O)N(C)C)cc1. The lowest BCUT2D eigenvalue weighted by atomic mass is 10.2. The van der Waals surface area contributed by atoms with Gasteiger partial charge in [0, 0.05) is 32.7 Å². The number of nitrogens with zero attached hydrogens (tertiary/aromatic N) is 1. The third-order valence-electron chi connectivity index (χ3n) is 2.45. The van der Waals surface area contributed by atoms with E-state index in [1.165, 1.54) is 5.56 Å². The maximum absolute atomic E-state index is 11.3. The second-order valence-corrected chi connectivity index (χ2v) is 4.18. The topological polar surface area (TPSA) is 32.3 Å². The van der Waals surface area contributed by atoms with Crippen LogP contribution in [0.15, 0.2) is 24.3 Å². The second-order valence-electron chi connectivity index (χ2n) is 4.18. The Balaban J connectivity index is 2.21. The Hall–Kier alpha value is -1.51. The summed E-state index contributed by atoms with van der Waals surface area (Å²) in [6.07, 6.45) is 1.47. The first-order chi connectivity index (χ1) is 7.59. The quantitative estimate of drug-likeness (QED) is 0.772. The highest BCUT2D eigenvalue weighted by Crippen LogP contribution is 2.08. The number of aryl methyl sites for hydroxylation is 1. The molecule has 0 saturated heterocycles. The number of amides is 1. The fraction of sp³-hybridized carbons (Fsp3) is 0.462. The Morgan fingerprint density at radius 2 is 1.88 bits per heavy atom. The predicted molar refractivity (Wildman–Crippen MR) is 67.6 cm³/mol. The van der Waals surface area contributed by atoms with Crippen molar-refractivity contribution < 1.29 is 4.79 Å². The second kappa shape index (κ2) is 6.16. The molecule has 1 aromatic rings. The van der Waals surface area contributed by atoms with E-state index in [1.807, 2.05) is 0 Å². The Bertz CT molecular complexity index is 330. The summed E-state index contributed by atoms with van der Waals surface area (Å²) in [6, 6.07) is 8.27. The van der Waals surface area contributed by atoms with Crippen LogP contribution in [-0.2, 0) is 4.79 Å². The average molecular weight is 220 g/mol. The van der Waals surface area contributed by atoms with Crippen LogP contribution in [0, 0.1) is 6.92 Å². The van der Waals surface area contributed by atoms with Crippen molar-refractivity contribution in [3.05, 3.63) is 29.8 Å². The number of anilines is 1. The van der Waals surface area contributed by atoms with E-state index in [2.05, 4.69) is 36.5 Å². The van der Waals surface area contributed by atoms with E-state index >= 15 is 0 Å². The Labute approximate surface area is 97.5 Å². The van der Waals surface area contributed by atoms with Crippen LogP contribution >= 0.6 is 0 Å². The molecular weight excluding hydrogens is 200 g/mol. The van der Waals surface area contributed by atoms with Gasteiger partial charge in [-0.15, -0.1) is 0 Å². The number of hydrogen-bond acceptors (Lipinski definition) is 2. The smallest absolute Gasteiger partial charge is 0.222 e. The molecule has 0 aliphatic carbocycles. The van der Waals surface area contributed by atoms with Gasteiger partial charge in [-0.1, -0.05) is 17.7 Å². The largest absolute Gasteiger partial charge is 0.385 e. The molecule has 1 amide bonds. The fourth-order valence-corrected chi connectivity index (χ4v) is 1.37. The molecular formula is C13H20N2O. The lowest BCUT2D eigenvalue weighted by molar-refractivity contribution is -0.128. The van der Waals surface area contributed by atoms with Gasteiger partial charge in [-0.25, -0.2) is 0 Å². The summed E-state index contributed by atoms with van der Waals surface area (Å²) in [5.41, 5.74) is 2.37. The van der Waals surface area contributed by atoms with Crippen molar-refractivity contribution in [2.45, 2.75) is 19.8 Å². The van der Waals surface area contributed by atoms with Gasteiger partial charge in [-0.3, -0.25) is 4.79 Å². The molecule has 0 fully saturated rings. The van der Waals surface area contributed by atoms with Crippen LogP contribution in [0.4, 0.5) is 5.69 Å². The molecule has 0 aliphatic heterocycles. The highest BCUT2D eigenvalue weighted by molar-refractivity contribution is 5.75. The molecule has 3 nitrogen and oxygen atoms in total. The molecule has 0 aromatic heterocycles. The first-order valence-electron chi connectivity index (χ1n) is 5.60. The van der Waals surface area contributed by atoms with Gasteiger partial charge >= 0.3 is 0 Å². The van der Waals surface area contributed by atoms with Gasteiger partial charge in [0.15, 0.2) is 0 Å². The van der Waals surface area contributed by atoms with Crippen molar-refractivity contribution in [2.75, 3.05) is 26.0 Å². The number of nitrogens with one attached hydrogen (secondary N) is 1. The monoisotopic (exact) mass is 220 g/mol. The summed E-state index contributed by atoms with van der Waals surface area (Å²) in [6.45, 7) is 2.90. The highest BCUT2D eigenvalue weighted by Gasteiger charge is 2.02. The van der Waals surface area contributed by atoms with Gasteiger partial charge in [0.25, 0.3) is 0 Å². The van der Waals surface area contributed by atoms with E-state index < -0.39 is 0 Å². The van der Waals surface area contributed by atoms with Crippen LogP contribution in [0.25, 0.3) is 0 Å². The molecule has 3 heteroatoms. The summed E-state index contributed by atoms with van der Waals surface area (Å²) in [4.78, 5) is 12.9. The minimum atomic E-state index is 0.186. The first kappa shape index (κ1) is 12.6. The third kappa shape index (κ3) is 4.34. The summed E-state index contributed by atoms with van der Waals surface area (Å²) in [5.74, 6) is 0.186. The normalized spacial score (nSPS) is 9.94. The number of rotatable bonds is 5. The van der Waals surface area contributed by atoms with Crippen LogP contribution in [0.2, 0.25) is 0 Å². The Kier molecular flexibility index (Phi) is 4.83. The average Bonchev–Trinajstić information content (AvgIpc) is 2.26. The van der Waals surface area contributed by atoms with Gasteiger partial charge < -0.3 is 10.2 Å². The van der Waals surface area contributed by atoms with E-state index in [-0.39, 0.29) is 5.91 Å². The van der Waals surface area contributed by atoms with E-state index in [9.17, 15) is 4.79 Å². The van der Waals surface area contributed by atoms with Crippen molar-refractivity contribution in [1.82, 2.24) is 4.90 Å². The maximum atomic E-state index is 11.3. The van der Waals surface area contributed by atoms with E-state index in [0.29, 0.717) is 6.42 Å². The molecule has 0 bridgehead atoms. The van der Waals surface area contributed by atoms with Crippen molar-refractivity contribution in [3.8, 4) is 0 Å². The van der Waals surface area contributed by atoms with Crippen LogP contribution < -0.4 is 5.32 Å². The molecule has 88 valence electrons. The lowest BCUT2D eigenvalue weighted by Crippen LogP contribution is -2.21. The number of carbonyl (C=O) groups is 1. The summed E-state index contributed by atoms with van der Waals surface area (Å²) in [7, 11) is 3.57. The molecule has 16 heavy (non-hydrogen) atoms. The molecule has 0 unspecified atom stereocenters. The van der Waals surface area contributed by atoms with E-state index in [1.54, 1.807) is 19.0 Å². The summed E-state index contributed by atoms with van der Waals surface area (Å²) < 4.78 is 0. The van der Waals surface area contributed by atoms with Crippen LogP contribution in [0.1, 0.15) is 18.4 Å². The van der Waals surface area contributed by atoms with E-state index in [4.69, 9.17) is 0 Å². The zero-order valence-electron chi connectivity index (χ0n) is 10.3. The zero-order valence-corrected chi connectivity index (χ0v) is 10.3. The van der Waals surface area contributed by atoms with Crippen molar-refractivity contribution >= 4 is 11.6 Å². The molecule has 1 aromatic carbocycles. The minimum Gasteiger partial charge on any atom is -0.385 e. The van der Waals surface area contributed by atoms with Crippen molar-refractivity contribution in [3.63, 3.8) is 0 Å². The molecule has 0 radical (unpaired) electrons. The molecule has 0 atom stereocenters. The van der Waals surface area contributed by atoms with Gasteiger partial charge in [-0.05, 0) is 25.5 Å². The predicted octanol–water partition coefficient (Wildman–Crippen LogP) is 2.28. The summed E-state index contributed by atoms with van der Waals surface area (Å²) in [5, 5.41) is 3.30. The van der Waals surface area contributed by atoms with Crippen LogP contribution in [0.5, 0.6) is 0 Å². The molecule has 0 heterocycles. The van der Waals surface area contributed by atoms with Gasteiger partial charge in [-0.2, -0.15) is 0 Å². The maximum Gasteiger partial charge on any atom is 0.222 e. The standard InChI is InChI=1S/C13H20N2O/c1-11-6-8-12(9-7-11)14-10-4-5-13(16)15(2)3/h6-9,14H,4-5,10H2,1-3H3. The minimum absolute atomic E-state index is 0.186. The van der Waals surface area contributed by atoms with Crippen molar-refractivity contribution in [2.24, 2.45) is 0 Å². The molecule has 1 N–H and O–H groups in total. The fourth-order valence-electron chi connectivity index (χ4n) is 1.37. The first-order valence-corrected chi connectivity index (χ1v) is 5.60. The number of hydrogen-bond donors (Lipinski definition) is 1. The van der Waals surface area contributed by atoms with Gasteiger partial charge in [0.2, 0.25) is 5.91 Å². The Morgan fingerprint density at radius 3 is 2.44 bits per heavy atom. The molecule has 0 saturated carbocycles. The third-order valence-corrected chi connectivity index (χ3v) is 2.45. The molecule has 1 rings (SSSR count). The van der Waals surface area contributed by atoms with Gasteiger partial charge in [0.1, 0.15) is 0 Å². The van der Waals surface area contributed by atoms with Gasteiger partial charge in [0.05, 0.1) is 0 Å². The molecule has 0 spiro atoms. The highest BCUT2D eigenvalue weighted by atomic mass is 16.2. The zero-order chi connectivity index (χ0) is 12.0. The number of benzene rings is 1.